The number of fused-ring (bicyclic) bond motifs is 1. The standard InChI is InChI=1S/C21H22N2O4/c22-14-21(8-10-27-11-9-21)20(26)23-13-17(19(24)25)12-16-6-3-5-15-4-1-2-7-18(15)16/h1-7,17H,8-13H2,(H,23,26)(H,24,25). The zero-order valence-corrected chi connectivity index (χ0v) is 15.0. The minimum absolute atomic E-state index is 0.0122. The highest BCUT2D eigenvalue weighted by atomic mass is 16.5. The first-order valence-corrected chi connectivity index (χ1v) is 9.02. The summed E-state index contributed by atoms with van der Waals surface area (Å²) in [5.74, 6) is -2.14. The third-order valence-electron chi connectivity index (χ3n) is 5.20. The summed E-state index contributed by atoms with van der Waals surface area (Å²) >= 11 is 0. The largest absolute Gasteiger partial charge is 0.481 e. The zero-order valence-electron chi connectivity index (χ0n) is 15.0. The molecule has 1 aliphatic rings. The molecule has 140 valence electrons. The fourth-order valence-corrected chi connectivity index (χ4v) is 3.48. The van der Waals surface area contributed by atoms with Crippen molar-refractivity contribution in [2.24, 2.45) is 11.3 Å². The molecule has 6 nitrogen and oxygen atoms in total. The van der Waals surface area contributed by atoms with Gasteiger partial charge in [-0.3, -0.25) is 9.59 Å². The van der Waals surface area contributed by atoms with E-state index in [9.17, 15) is 20.0 Å². The number of carbonyl (C=O) groups excluding carboxylic acids is 1. The van der Waals surface area contributed by atoms with Crippen LogP contribution in [0.1, 0.15) is 18.4 Å². The van der Waals surface area contributed by atoms with Crippen LogP contribution >= 0.6 is 0 Å². The van der Waals surface area contributed by atoms with Crippen molar-refractivity contribution in [3.05, 3.63) is 48.0 Å². The van der Waals surface area contributed by atoms with Crippen molar-refractivity contribution in [2.45, 2.75) is 19.3 Å². The Bertz CT molecular complexity index is 876. The molecule has 2 N–H and O–H groups in total. The van der Waals surface area contributed by atoms with Crippen LogP contribution < -0.4 is 5.32 Å². The fraction of sp³-hybridized carbons (Fsp3) is 0.381. The third kappa shape index (κ3) is 4.09. The van der Waals surface area contributed by atoms with Crippen molar-refractivity contribution < 1.29 is 19.4 Å². The quantitative estimate of drug-likeness (QED) is 0.818. The number of carboxylic acid groups (broad SMARTS) is 1. The van der Waals surface area contributed by atoms with Crippen molar-refractivity contribution in [1.82, 2.24) is 5.32 Å². The first kappa shape index (κ1) is 18.9. The van der Waals surface area contributed by atoms with Gasteiger partial charge in [0.1, 0.15) is 5.41 Å². The van der Waals surface area contributed by atoms with Crippen molar-refractivity contribution in [1.29, 1.82) is 5.26 Å². The van der Waals surface area contributed by atoms with Gasteiger partial charge >= 0.3 is 5.97 Å². The predicted octanol–water partition coefficient (Wildman–Crippen LogP) is 2.52. The Hall–Kier alpha value is -2.91. The van der Waals surface area contributed by atoms with Gasteiger partial charge in [-0.25, -0.2) is 0 Å². The van der Waals surface area contributed by atoms with Crippen molar-refractivity contribution in [3.8, 4) is 6.07 Å². The number of carboxylic acids is 1. The average molecular weight is 366 g/mol. The molecule has 1 amide bonds. The number of carbonyl (C=O) groups is 2. The Kier molecular flexibility index (Phi) is 5.72. The molecule has 2 aromatic carbocycles. The zero-order chi connectivity index (χ0) is 19.3. The van der Waals surface area contributed by atoms with E-state index in [4.69, 9.17) is 4.74 Å². The third-order valence-corrected chi connectivity index (χ3v) is 5.20. The molecule has 0 aromatic heterocycles. The number of rotatable bonds is 6. The Morgan fingerprint density at radius 2 is 1.89 bits per heavy atom. The number of nitrogens with one attached hydrogen (secondary N) is 1. The number of aliphatic carboxylic acids is 1. The van der Waals surface area contributed by atoms with Crippen molar-refractivity contribution in [2.75, 3.05) is 19.8 Å². The van der Waals surface area contributed by atoms with E-state index in [0.717, 1.165) is 16.3 Å². The van der Waals surface area contributed by atoms with Gasteiger partial charge in [-0.1, -0.05) is 42.5 Å². The van der Waals surface area contributed by atoms with Gasteiger partial charge in [0, 0.05) is 19.8 Å². The second-order valence-electron chi connectivity index (χ2n) is 6.89. The summed E-state index contributed by atoms with van der Waals surface area (Å²) in [7, 11) is 0. The van der Waals surface area contributed by atoms with Gasteiger partial charge in [-0.05, 0) is 35.6 Å². The van der Waals surface area contributed by atoms with Gasteiger partial charge in [0.2, 0.25) is 5.91 Å². The number of ether oxygens (including phenoxy) is 1. The highest BCUT2D eigenvalue weighted by Gasteiger charge is 2.40. The molecule has 2 aromatic rings. The molecule has 1 heterocycles. The Morgan fingerprint density at radius 3 is 2.59 bits per heavy atom. The topological polar surface area (TPSA) is 99.4 Å². The Labute approximate surface area is 157 Å². The number of hydrogen-bond acceptors (Lipinski definition) is 4. The van der Waals surface area contributed by atoms with Crippen LogP contribution in [0.15, 0.2) is 42.5 Å². The molecule has 0 radical (unpaired) electrons. The molecule has 1 saturated heterocycles. The monoisotopic (exact) mass is 366 g/mol. The van der Waals surface area contributed by atoms with E-state index in [2.05, 4.69) is 11.4 Å². The average Bonchev–Trinajstić information content (AvgIpc) is 2.71. The maximum atomic E-state index is 12.6. The fourth-order valence-electron chi connectivity index (χ4n) is 3.48. The molecule has 1 atom stereocenters. The lowest BCUT2D eigenvalue weighted by atomic mass is 9.80. The van der Waals surface area contributed by atoms with Gasteiger partial charge in [-0.2, -0.15) is 5.26 Å². The lowest BCUT2D eigenvalue weighted by Crippen LogP contribution is -2.46. The van der Waals surface area contributed by atoms with E-state index in [0.29, 0.717) is 32.5 Å². The number of nitrogens with zero attached hydrogens (tertiary/aromatic N) is 1. The highest BCUT2D eigenvalue weighted by molar-refractivity contribution is 5.87. The maximum absolute atomic E-state index is 12.6. The molecule has 0 spiro atoms. The molecular formula is C21H22N2O4. The van der Waals surface area contributed by atoms with Gasteiger partial charge in [-0.15, -0.1) is 0 Å². The van der Waals surface area contributed by atoms with Gasteiger partial charge in [0.25, 0.3) is 0 Å². The number of nitriles is 1. The second kappa shape index (κ2) is 8.19. The van der Waals surface area contributed by atoms with E-state index in [1.807, 2.05) is 42.5 Å². The number of amides is 1. The van der Waals surface area contributed by atoms with E-state index in [1.54, 1.807) is 0 Å². The van der Waals surface area contributed by atoms with Crippen LogP contribution in [0, 0.1) is 22.7 Å². The smallest absolute Gasteiger partial charge is 0.308 e. The minimum Gasteiger partial charge on any atom is -0.481 e. The highest BCUT2D eigenvalue weighted by Crippen LogP contribution is 2.30. The van der Waals surface area contributed by atoms with Crippen LogP contribution in [0.4, 0.5) is 0 Å². The van der Waals surface area contributed by atoms with E-state index in [1.165, 1.54) is 0 Å². The van der Waals surface area contributed by atoms with Gasteiger partial charge in [0.05, 0.1) is 12.0 Å². The molecule has 1 unspecified atom stereocenters. The maximum Gasteiger partial charge on any atom is 0.308 e. The number of hydrogen-bond donors (Lipinski definition) is 2. The van der Waals surface area contributed by atoms with E-state index < -0.39 is 23.2 Å². The molecule has 1 fully saturated rings. The van der Waals surface area contributed by atoms with Crippen molar-refractivity contribution in [3.63, 3.8) is 0 Å². The van der Waals surface area contributed by atoms with Crippen molar-refractivity contribution >= 4 is 22.6 Å². The molecule has 1 aliphatic heterocycles. The van der Waals surface area contributed by atoms with Crippen LogP contribution in [0.2, 0.25) is 0 Å². The molecule has 0 aliphatic carbocycles. The minimum atomic E-state index is -1.12. The van der Waals surface area contributed by atoms with Crippen LogP contribution in [-0.2, 0) is 20.7 Å². The summed E-state index contributed by atoms with van der Waals surface area (Å²) in [6, 6.07) is 15.7. The molecule has 0 bridgehead atoms. The van der Waals surface area contributed by atoms with Gasteiger partial charge in [0.15, 0.2) is 0 Å². The van der Waals surface area contributed by atoms with Crippen LogP contribution in [0.25, 0.3) is 10.8 Å². The summed E-state index contributed by atoms with van der Waals surface area (Å²) in [4.78, 5) is 24.3. The summed E-state index contributed by atoms with van der Waals surface area (Å²) < 4.78 is 5.24. The molecule has 6 heteroatoms. The van der Waals surface area contributed by atoms with Crippen LogP contribution in [-0.4, -0.2) is 36.7 Å². The molecule has 3 rings (SSSR count). The number of benzene rings is 2. The SMILES string of the molecule is N#CC1(C(=O)NCC(Cc2cccc3ccccc23)C(=O)O)CCOCC1. The predicted molar refractivity (Wildman–Crippen MR) is 99.9 cm³/mol. The molecule has 0 saturated carbocycles. The normalized spacial score (nSPS) is 17.0. The Balaban J connectivity index is 1.72. The second-order valence-corrected chi connectivity index (χ2v) is 6.89. The summed E-state index contributed by atoms with van der Waals surface area (Å²) in [6.45, 7) is 0.709. The van der Waals surface area contributed by atoms with E-state index >= 15 is 0 Å². The van der Waals surface area contributed by atoms with Crippen LogP contribution in [0.3, 0.4) is 0 Å². The lowest BCUT2D eigenvalue weighted by Gasteiger charge is -2.29. The summed E-state index contributed by atoms with van der Waals surface area (Å²) in [6.07, 6.45) is 0.965. The van der Waals surface area contributed by atoms with Gasteiger partial charge < -0.3 is 15.2 Å². The summed E-state index contributed by atoms with van der Waals surface area (Å²) in [5, 5.41) is 23.8. The molecule has 27 heavy (non-hydrogen) atoms. The lowest BCUT2D eigenvalue weighted by molar-refractivity contribution is -0.142. The van der Waals surface area contributed by atoms with Crippen LogP contribution in [0.5, 0.6) is 0 Å². The first-order valence-electron chi connectivity index (χ1n) is 9.02. The van der Waals surface area contributed by atoms with E-state index in [-0.39, 0.29) is 6.54 Å². The Morgan fingerprint density at radius 1 is 1.19 bits per heavy atom. The summed E-state index contributed by atoms with van der Waals surface area (Å²) in [5.41, 5.74) is -0.198. The first-order chi connectivity index (χ1) is 13.1. The molecular weight excluding hydrogens is 344 g/mol.